The van der Waals surface area contributed by atoms with E-state index in [9.17, 15) is 0 Å². The summed E-state index contributed by atoms with van der Waals surface area (Å²) in [6, 6.07) is 8.69. The second-order valence-electron chi connectivity index (χ2n) is 4.35. The molecule has 0 amide bonds. The average molecular weight is 176 g/mol. The normalized spacial score (nSPS) is 13.3. The first kappa shape index (κ1) is 10.3. The Labute approximate surface area is 82.0 Å². The largest absolute Gasteiger partial charge is 0.0625 e. The Morgan fingerprint density at radius 1 is 1.08 bits per heavy atom. The van der Waals surface area contributed by atoms with Gasteiger partial charge in [-0.2, -0.15) is 0 Å². The number of hydrogen-bond acceptors (Lipinski definition) is 0. The molecule has 0 spiro atoms. The second kappa shape index (κ2) is 4.45. The zero-order chi connectivity index (χ0) is 9.84. The monoisotopic (exact) mass is 176 g/mol. The van der Waals surface area contributed by atoms with Crippen molar-refractivity contribution in [3.63, 3.8) is 0 Å². The average Bonchev–Trinajstić information content (AvgIpc) is 2.08. The maximum Gasteiger partial charge on any atom is -0.0248 e. The molecule has 13 heavy (non-hydrogen) atoms. The van der Waals surface area contributed by atoms with Crippen molar-refractivity contribution in [1.29, 1.82) is 0 Å². The lowest BCUT2D eigenvalue weighted by Gasteiger charge is -2.16. The molecule has 0 radical (unpaired) electrons. The fourth-order valence-corrected chi connectivity index (χ4v) is 1.42. The van der Waals surface area contributed by atoms with Gasteiger partial charge in [-0.05, 0) is 36.3 Å². The van der Waals surface area contributed by atoms with E-state index < -0.39 is 0 Å². The minimum atomic E-state index is 0.777. The number of hydrogen-bond donors (Lipinski definition) is 0. The maximum absolute atomic E-state index is 2.33. The Morgan fingerprint density at radius 3 is 2.23 bits per heavy atom. The molecule has 0 heterocycles. The van der Waals surface area contributed by atoms with E-state index >= 15 is 0 Å². The van der Waals surface area contributed by atoms with Crippen molar-refractivity contribution in [3.05, 3.63) is 35.4 Å². The molecule has 0 aliphatic rings. The van der Waals surface area contributed by atoms with Crippen LogP contribution in [-0.2, 0) is 6.42 Å². The highest BCUT2D eigenvalue weighted by molar-refractivity contribution is 5.25. The van der Waals surface area contributed by atoms with E-state index in [1.165, 1.54) is 17.5 Å². The maximum atomic E-state index is 2.33. The van der Waals surface area contributed by atoms with Crippen LogP contribution in [0.25, 0.3) is 0 Å². The van der Waals surface area contributed by atoms with Crippen LogP contribution in [0.3, 0.4) is 0 Å². The van der Waals surface area contributed by atoms with Gasteiger partial charge in [-0.15, -0.1) is 0 Å². The van der Waals surface area contributed by atoms with Gasteiger partial charge in [0.1, 0.15) is 0 Å². The van der Waals surface area contributed by atoms with Gasteiger partial charge >= 0.3 is 0 Å². The topological polar surface area (TPSA) is 0 Å². The molecule has 0 N–H and O–H groups in total. The minimum absolute atomic E-state index is 0.777. The minimum Gasteiger partial charge on any atom is -0.0625 e. The molecule has 0 aliphatic carbocycles. The molecule has 0 aromatic heterocycles. The Balaban J connectivity index is 2.69. The van der Waals surface area contributed by atoms with E-state index in [1.54, 1.807) is 0 Å². The van der Waals surface area contributed by atoms with Gasteiger partial charge in [0.15, 0.2) is 0 Å². The Bertz CT molecular complexity index is 260. The molecule has 0 nitrogen and oxygen atoms in total. The predicted molar refractivity (Wildman–Crippen MR) is 58.9 cm³/mol. The molecule has 1 aromatic carbocycles. The number of rotatable bonds is 3. The van der Waals surface area contributed by atoms with Crippen LogP contribution in [0, 0.1) is 18.8 Å². The van der Waals surface area contributed by atoms with Crippen molar-refractivity contribution in [1.82, 2.24) is 0 Å². The van der Waals surface area contributed by atoms with Gasteiger partial charge in [0.2, 0.25) is 0 Å². The summed E-state index contributed by atoms with van der Waals surface area (Å²) in [5.41, 5.74) is 2.93. The Hall–Kier alpha value is -0.780. The fourth-order valence-electron chi connectivity index (χ4n) is 1.42. The van der Waals surface area contributed by atoms with Crippen molar-refractivity contribution in [3.8, 4) is 0 Å². The van der Waals surface area contributed by atoms with Crippen LogP contribution in [0.4, 0.5) is 0 Å². The molecule has 0 saturated carbocycles. The Morgan fingerprint density at radius 2 is 1.69 bits per heavy atom. The first-order valence-electron chi connectivity index (χ1n) is 5.15. The van der Waals surface area contributed by atoms with Crippen LogP contribution in [0.15, 0.2) is 24.3 Å². The summed E-state index contributed by atoms with van der Waals surface area (Å²) in [7, 11) is 0. The lowest BCUT2D eigenvalue weighted by molar-refractivity contribution is 0.417. The van der Waals surface area contributed by atoms with Crippen LogP contribution in [0.2, 0.25) is 0 Å². The standard InChI is InChI=1S/C13H20/c1-10(2)12(4)9-13-8-6-5-7-11(13)3/h5-8,10,12H,9H2,1-4H3/t12-/m1/s1. The molecule has 0 fully saturated rings. The van der Waals surface area contributed by atoms with Crippen LogP contribution in [-0.4, -0.2) is 0 Å². The molecule has 0 unspecified atom stereocenters. The summed E-state index contributed by atoms with van der Waals surface area (Å²) < 4.78 is 0. The SMILES string of the molecule is Cc1ccccc1C[C@@H](C)C(C)C. The van der Waals surface area contributed by atoms with Gasteiger partial charge in [-0.3, -0.25) is 0 Å². The van der Waals surface area contributed by atoms with E-state index in [2.05, 4.69) is 52.0 Å². The first-order valence-corrected chi connectivity index (χ1v) is 5.15. The Kier molecular flexibility index (Phi) is 3.53. The van der Waals surface area contributed by atoms with Gasteiger partial charge in [0.05, 0.1) is 0 Å². The van der Waals surface area contributed by atoms with Crippen LogP contribution < -0.4 is 0 Å². The van der Waals surface area contributed by atoms with Gasteiger partial charge < -0.3 is 0 Å². The third kappa shape index (κ3) is 2.87. The van der Waals surface area contributed by atoms with E-state index in [4.69, 9.17) is 0 Å². The van der Waals surface area contributed by atoms with Crippen molar-refractivity contribution in [2.24, 2.45) is 11.8 Å². The summed E-state index contributed by atoms with van der Waals surface area (Å²) in [6.07, 6.45) is 1.21. The van der Waals surface area contributed by atoms with Crippen LogP contribution in [0.5, 0.6) is 0 Å². The lowest BCUT2D eigenvalue weighted by atomic mass is 9.89. The highest BCUT2D eigenvalue weighted by Gasteiger charge is 2.08. The molecule has 0 aliphatic heterocycles. The third-order valence-electron chi connectivity index (χ3n) is 2.94. The van der Waals surface area contributed by atoms with Gasteiger partial charge in [0.25, 0.3) is 0 Å². The zero-order valence-electron chi connectivity index (χ0n) is 9.17. The van der Waals surface area contributed by atoms with Crippen molar-refractivity contribution >= 4 is 0 Å². The zero-order valence-corrected chi connectivity index (χ0v) is 9.17. The lowest BCUT2D eigenvalue weighted by Crippen LogP contribution is -2.08. The molecule has 0 heteroatoms. The van der Waals surface area contributed by atoms with Crippen molar-refractivity contribution in [2.75, 3.05) is 0 Å². The summed E-state index contributed by atoms with van der Waals surface area (Å²) >= 11 is 0. The molecule has 0 saturated heterocycles. The highest BCUT2D eigenvalue weighted by Crippen LogP contribution is 2.18. The predicted octanol–water partition coefficient (Wildman–Crippen LogP) is 3.83. The van der Waals surface area contributed by atoms with Crippen molar-refractivity contribution in [2.45, 2.75) is 34.1 Å². The first-order chi connectivity index (χ1) is 6.11. The van der Waals surface area contributed by atoms with Gasteiger partial charge in [0, 0.05) is 0 Å². The van der Waals surface area contributed by atoms with Crippen molar-refractivity contribution < 1.29 is 0 Å². The number of benzene rings is 1. The summed E-state index contributed by atoms with van der Waals surface area (Å²) in [5, 5.41) is 0. The molecule has 1 atom stereocenters. The van der Waals surface area contributed by atoms with Gasteiger partial charge in [-0.1, -0.05) is 45.0 Å². The summed E-state index contributed by atoms with van der Waals surface area (Å²) in [6.45, 7) is 9.12. The fraction of sp³-hybridized carbons (Fsp3) is 0.538. The van der Waals surface area contributed by atoms with E-state index in [0.29, 0.717) is 0 Å². The molecule has 0 bridgehead atoms. The smallest absolute Gasteiger partial charge is 0.0248 e. The second-order valence-corrected chi connectivity index (χ2v) is 4.35. The molecule has 72 valence electrons. The summed E-state index contributed by atoms with van der Waals surface area (Å²) in [4.78, 5) is 0. The number of aryl methyl sites for hydroxylation is 1. The van der Waals surface area contributed by atoms with Gasteiger partial charge in [-0.25, -0.2) is 0 Å². The molecule has 1 aromatic rings. The molecular weight excluding hydrogens is 156 g/mol. The quantitative estimate of drug-likeness (QED) is 0.656. The summed E-state index contributed by atoms with van der Waals surface area (Å²) in [5.74, 6) is 1.56. The highest BCUT2D eigenvalue weighted by atomic mass is 14.1. The van der Waals surface area contributed by atoms with E-state index in [-0.39, 0.29) is 0 Å². The molecule has 1 rings (SSSR count). The van der Waals surface area contributed by atoms with E-state index in [0.717, 1.165) is 11.8 Å². The van der Waals surface area contributed by atoms with Crippen LogP contribution in [0.1, 0.15) is 31.9 Å². The molecular formula is C13H20. The third-order valence-corrected chi connectivity index (χ3v) is 2.94. The van der Waals surface area contributed by atoms with E-state index in [1.807, 2.05) is 0 Å². The van der Waals surface area contributed by atoms with Crippen LogP contribution >= 0.6 is 0 Å².